The predicted octanol–water partition coefficient (Wildman–Crippen LogP) is 2.55. The molecule has 1 aromatic heterocycles. The monoisotopic (exact) mass is 413 g/mol. The molecule has 1 aromatic carbocycles. The number of aliphatic imine (C=N–C) groups is 1. The lowest BCUT2D eigenvalue weighted by Gasteiger charge is -2.22. The number of nitrogens with zero attached hydrogens (tertiary/aromatic N) is 4. The molecule has 1 N–H and O–H groups in total. The van der Waals surface area contributed by atoms with Crippen molar-refractivity contribution < 1.29 is 0 Å². The summed E-state index contributed by atoms with van der Waals surface area (Å²) < 4.78 is 1.80. The van der Waals surface area contributed by atoms with Gasteiger partial charge in [0.15, 0.2) is 5.96 Å². The number of nitrogens with one attached hydrogen (secondary N) is 1. The van der Waals surface area contributed by atoms with Gasteiger partial charge in [0, 0.05) is 46.0 Å². The SMILES string of the molecule is CN=C(NCc1cnn(C)c1)N(C)Cc1ccccc1C.I. The quantitative estimate of drug-likeness (QED) is 0.476. The number of rotatable bonds is 4. The molecule has 0 aliphatic carbocycles. The molecular weight excluding hydrogens is 389 g/mol. The molecule has 0 fully saturated rings. The Balaban J connectivity index is 0.00000242. The Morgan fingerprint density at radius 2 is 2.09 bits per heavy atom. The Kier molecular flexibility index (Phi) is 7.37. The highest BCUT2D eigenvalue weighted by atomic mass is 127. The molecule has 0 spiro atoms. The highest BCUT2D eigenvalue weighted by Crippen LogP contribution is 2.09. The van der Waals surface area contributed by atoms with Crippen molar-refractivity contribution in [2.24, 2.45) is 12.0 Å². The summed E-state index contributed by atoms with van der Waals surface area (Å²) in [7, 11) is 5.77. The van der Waals surface area contributed by atoms with Crippen molar-refractivity contribution in [1.29, 1.82) is 0 Å². The molecule has 0 saturated heterocycles. The molecule has 5 nitrogen and oxygen atoms in total. The van der Waals surface area contributed by atoms with Gasteiger partial charge in [-0.2, -0.15) is 5.10 Å². The molecule has 2 rings (SSSR count). The number of hydrogen-bond donors (Lipinski definition) is 1. The van der Waals surface area contributed by atoms with E-state index < -0.39 is 0 Å². The van der Waals surface area contributed by atoms with E-state index in [0.717, 1.165) is 24.6 Å². The van der Waals surface area contributed by atoms with Gasteiger partial charge in [0.1, 0.15) is 0 Å². The van der Waals surface area contributed by atoms with Crippen LogP contribution in [0.15, 0.2) is 41.7 Å². The van der Waals surface area contributed by atoms with Crippen molar-refractivity contribution in [3.05, 3.63) is 53.3 Å². The molecule has 0 aliphatic rings. The molecule has 0 unspecified atom stereocenters. The Morgan fingerprint density at radius 1 is 1.36 bits per heavy atom. The van der Waals surface area contributed by atoms with Gasteiger partial charge in [-0.15, -0.1) is 24.0 Å². The fraction of sp³-hybridized carbons (Fsp3) is 0.375. The Morgan fingerprint density at radius 3 is 2.68 bits per heavy atom. The van der Waals surface area contributed by atoms with E-state index in [1.807, 2.05) is 26.5 Å². The van der Waals surface area contributed by atoms with Crippen molar-refractivity contribution >= 4 is 29.9 Å². The minimum Gasteiger partial charge on any atom is -0.352 e. The third-order valence-corrected chi connectivity index (χ3v) is 3.45. The maximum Gasteiger partial charge on any atom is 0.193 e. The molecule has 0 aliphatic heterocycles. The van der Waals surface area contributed by atoms with E-state index in [1.54, 1.807) is 11.7 Å². The van der Waals surface area contributed by atoms with E-state index in [2.05, 4.69) is 51.5 Å². The molecule has 1 heterocycles. The average molecular weight is 413 g/mol. The zero-order valence-corrected chi connectivity index (χ0v) is 15.9. The summed E-state index contributed by atoms with van der Waals surface area (Å²) in [4.78, 5) is 6.46. The number of guanidine groups is 1. The first-order valence-electron chi connectivity index (χ1n) is 7.04. The second kappa shape index (κ2) is 8.77. The maximum absolute atomic E-state index is 4.34. The number of aryl methyl sites for hydroxylation is 2. The van der Waals surface area contributed by atoms with Crippen molar-refractivity contribution in [3.8, 4) is 0 Å². The van der Waals surface area contributed by atoms with E-state index in [4.69, 9.17) is 0 Å². The third kappa shape index (κ3) is 5.01. The summed E-state index contributed by atoms with van der Waals surface area (Å²) in [6, 6.07) is 8.42. The number of aromatic nitrogens is 2. The van der Waals surface area contributed by atoms with Crippen molar-refractivity contribution in [2.45, 2.75) is 20.0 Å². The molecule has 0 radical (unpaired) electrons. The fourth-order valence-corrected chi connectivity index (χ4v) is 2.25. The Labute approximate surface area is 149 Å². The van der Waals surface area contributed by atoms with E-state index in [0.29, 0.717) is 0 Å². The standard InChI is InChI=1S/C16H23N5.HI/c1-13-7-5-6-8-15(13)12-20(3)16(17-2)18-9-14-10-19-21(4)11-14;/h5-8,10-11H,9,12H2,1-4H3,(H,17,18);1H. The van der Waals surface area contributed by atoms with Crippen LogP contribution in [0.4, 0.5) is 0 Å². The first-order chi connectivity index (χ1) is 10.1. The number of benzene rings is 1. The van der Waals surface area contributed by atoms with Gasteiger partial charge in [-0.05, 0) is 18.1 Å². The van der Waals surface area contributed by atoms with Gasteiger partial charge < -0.3 is 10.2 Å². The van der Waals surface area contributed by atoms with Gasteiger partial charge in [-0.1, -0.05) is 24.3 Å². The highest BCUT2D eigenvalue weighted by molar-refractivity contribution is 14.0. The lowest BCUT2D eigenvalue weighted by atomic mass is 10.1. The second-order valence-electron chi connectivity index (χ2n) is 5.21. The first-order valence-corrected chi connectivity index (χ1v) is 7.04. The summed E-state index contributed by atoms with van der Waals surface area (Å²) >= 11 is 0. The third-order valence-electron chi connectivity index (χ3n) is 3.45. The van der Waals surface area contributed by atoms with Crippen LogP contribution >= 0.6 is 24.0 Å². The molecule has 22 heavy (non-hydrogen) atoms. The molecule has 0 atom stereocenters. The fourth-order valence-electron chi connectivity index (χ4n) is 2.25. The van der Waals surface area contributed by atoms with E-state index in [-0.39, 0.29) is 24.0 Å². The Bertz CT molecular complexity index is 621. The maximum atomic E-state index is 4.34. The van der Waals surface area contributed by atoms with Crippen LogP contribution in [0.5, 0.6) is 0 Å². The second-order valence-corrected chi connectivity index (χ2v) is 5.21. The van der Waals surface area contributed by atoms with E-state index in [1.165, 1.54) is 11.1 Å². The normalized spacial score (nSPS) is 11.0. The minimum absolute atomic E-state index is 0. The van der Waals surface area contributed by atoms with Crippen LogP contribution in [0.3, 0.4) is 0 Å². The topological polar surface area (TPSA) is 45.5 Å². The summed E-state index contributed by atoms with van der Waals surface area (Å²) in [6.07, 6.45) is 3.86. The largest absolute Gasteiger partial charge is 0.352 e. The molecule has 0 bridgehead atoms. The zero-order chi connectivity index (χ0) is 15.2. The molecule has 2 aromatic rings. The van der Waals surface area contributed by atoms with Gasteiger partial charge >= 0.3 is 0 Å². The van der Waals surface area contributed by atoms with Crippen molar-refractivity contribution in [3.63, 3.8) is 0 Å². The van der Waals surface area contributed by atoms with Crippen LogP contribution in [0.1, 0.15) is 16.7 Å². The first kappa shape index (κ1) is 18.5. The van der Waals surface area contributed by atoms with Gasteiger partial charge in [0.05, 0.1) is 6.20 Å². The van der Waals surface area contributed by atoms with Gasteiger partial charge in [0.25, 0.3) is 0 Å². The number of halogens is 1. The lowest BCUT2D eigenvalue weighted by Crippen LogP contribution is -2.38. The Hall–Kier alpha value is -1.57. The molecule has 0 saturated carbocycles. The number of hydrogen-bond acceptors (Lipinski definition) is 2. The zero-order valence-electron chi connectivity index (χ0n) is 13.6. The van der Waals surface area contributed by atoms with Gasteiger partial charge in [-0.25, -0.2) is 0 Å². The summed E-state index contributed by atoms with van der Waals surface area (Å²) in [5.74, 6) is 0.877. The average Bonchev–Trinajstić information content (AvgIpc) is 2.88. The van der Waals surface area contributed by atoms with Crippen LogP contribution in [0.25, 0.3) is 0 Å². The van der Waals surface area contributed by atoms with Crippen LogP contribution < -0.4 is 5.32 Å². The van der Waals surface area contributed by atoms with Crippen LogP contribution in [-0.2, 0) is 20.1 Å². The van der Waals surface area contributed by atoms with Gasteiger partial charge in [-0.3, -0.25) is 9.67 Å². The minimum atomic E-state index is 0. The summed E-state index contributed by atoms with van der Waals surface area (Å²) in [5.41, 5.74) is 3.75. The summed E-state index contributed by atoms with van der Waals surface area (Å²) in [5, 5.41) is 7.53. The van der Waals surface area contributed by atoms with E-state index >= 15 is 0 Å². The molecule has 120 valence electrons. The lowest BCUT2D eigenvalue weighted by molar-refractivity contribution is 0.475. The van der Waals surface area contributed by atoms with Crippen molar-refractivity contribution in [2.75, 3.05) is 14.1 Å². The predicted molar refractivity (Wildman–Crippen MR) is 101 cm³/mol. The van der Waals surface area contributed by atoms with E-state index in [9.17, 15) is 0 Å². The molecule has 6 heteroatoms. The van der Waals surface area contributed by atoms with Gasteiger partial charge in [0.2, 0.25) is 0 Å². The summed E-state index contributed by atoms with van der Waals surface area (Å²) in [6.45, 7) is 3.69. The van der Waals surface area contributed by atoms with Crippen LogP contribution in [-0.4, -0.2) is 34.7 Å². The van der Waals surface area contributed by atoms with Crippen molar-refractivity contribution in [1.82, 2.24) is 20.0 Å². The smallest absolute Gasteiger partial charge is 0.193 e. The van der Waals surface area contributed by atoms with Crippen LogP contribution in [0, 0.1) is 6.92 Å². The molecular formula is C16H24IN5. The van der Waals surface area contributed by atoms with Crippen LogP contribution in [0.2, 0.25) is 0 Å². The molecule has 0 amide bonds. The highest BCUT2D eigenvalue weighted by Gasteiger charge is 2.08.